The van der Waals surface area contributed by atoms with Gasteiger partial charge in [-0.15, -0.1) is 0 Å². The maximum absolute atomic E-state index is 14.8. The number of hydrogen-bond donors (Lipinski definition) is 2. The number of ether oxygens (including phenoxy) is 2. The van der Waals surface area contributed by atoms with E-state index in [0.29, 0.717) is 68.8 Å². The number of aryl methyl sites for hydroxylation is 1. The van der Waals surface area contributed by atoms with Crippen molar-refractivity contribution in [3.05, 3.63) is 107 Å². The molecule has 6 bridgehead atoms. The number of amides is 3. The topological polar surface area (TPSA) is 172 Å². The minimum atomic E-state index is -1.04. The van der Waals surface area contributed by atoms with Crippen LogP contribution in [-0.2, 0) is 50.0 Å². The maximum Gasteiger partial charge on any atom is 0.326 e. The molecule has 8 rings (SSSR count). The van der Waals surface area contributed by atoms with Crippen LogP contribution in [0, 0.1) is 22.2 Å². The van der Waals surface area contributed by atoms with Crippen LogP contribution >= 0.6 is 0 Å². The standard InChI is InChI=1S/C55H67N9O7/c1-9-62-48-22-16-38-29-44(48)45(51(62)46-31-56-24-23-40(46)32-69-7)30-55(4,5)33-71-64(68)49-14-11-25-63(60-49)54(67)47(27-36-12-10-13-37(38)26-36)59-52(65)50(35(2)3)61(6)53(66)39-15-17-42(28-39)58-34-57-41-18-20-43(70-8)21-19-41/h10,12-13,16,18-24,26,29,31,35,39,42,47,49-50,60H,9,11,14-15,17,25,27-28,30,32-33H2,1-8H3/p+1/t39-,42-,47-,49+,50-/m0/s1. The van der Waals surface area contributed by atoms with E-state index in [1.807, 2.05) is 62.5 Å². The summed E-state index contributed by atoms with van der Waals surface area (Å²) in [5.41, 5.74) is 11.3. The van der Waals surface area contributed by atoms with Crippen LogP contribution in [0.5, 0.6) is 5.75 Å². The summed E-state index contributed by atoms with van der Waals surface area (Å²) < 4.78 is 13.2. The van der Waals surface area contributed by atoms with Crippen LogP contribution in [0.1, 0.15) is 83.4 Å². The fraction of sp³-hybridized carbons (Fsp3) is 0.473. The lowest BCUT2D eigenvalue weighted by Gasteiger charge is -2.35. The highest BCUT2D eigenvalue weighted by Crippen LogP contribution is 2.41. The molecule has 0 unspecified atom stereocenters. The lowest BCUT2D eigenvalue weighted by molar-refractivity contribution is -0.835. The first-order valence-electron chi connectivity index (χ1n) is 24.9. The van der Waals surface area contributed by atoms with Gasteiger partial charge in [0.2, 0.25) is 16.7 Å². The normalized spacial score (nSPS) is 20.7. The number of hydrazine groups is 1. The van der Waals surface area contributed by atoms with Gasteiger partial charge in [-0.05, 0) is 115 Å². The Morgan fingerprint density at radius 1 is 1.06 bits per heavy atom. The molecule has 3 amide bonds. The molecule has 374 valence electrons. The fourth-order valence-corrected chi connectivity index (χ4v) is 10.5. The van der Waals surface area contributed by atoms with Gasteiger partial charge in [0.1, 0.15) is 17.8 Å². The van der Waals surface area contributed by atoms with E-state index in [9.17, 15) is 19.3 Å². The quantitative estimate of drug-likeness (QED) is 0.116. The molecule has 0 radical (unpaired) electrons. The zero-order valence-electron chi connectivity index (χ0n) is 42.3. The van der Waals surface area contributed by atoms with Crippen LogP contribution in [0.25, 0.3) is 33.3 Å². The number of nitrogens with one attached hydrogen (secondary N) is 2. The van der Waals surface area contributed by atoms with Crippen molar-refractivity contribution < 1.29 is 33.6 Å². The lowest BCUT2D eigenvalue weighted by atomic mass is 9.84. The first kappa shape index (κ1) is 50.6. The Bertz CT molecular complexity index is 2820. The highest BCUT2D eigenvalue weighted by molar-refractivity contribution is 5.96. The number of pyridine rings is 1. The first-order valence-corrected chi connectivity index (χ1v) is 24.9. The molecule has 5 aromatic rings. The number of benzene rings is 3. The molecule has 2 N–H and O–H groups in total. The molecule has 2 fully saturated rings. The second-order valence-corrected chi connectivity index (χ2v) is 20.3. The van der Waals surface area contributed by atoms with Gasteiger partial charge in [0.25, 0.3) is 5.91 Å². The Morgan fingerprint density at radius 2 is 1.85 bits per heavy atom. The molecule has 3 aliphatic rings. The summed E-state index contributed by atoms with van der Waals surface area (Å²) in [7, 11) is 4.97. The maximum atomic E-state index is 14.8. The lowest BCUT2D eigenvalue weighted by Crippen LogP contribution is -2.62. The third-order valence-electron chi connectivity index (χ3n) is 14.1. The van der Waals surface area contributed by atoms with Crippen LogP contribution in [0.3, 0.4) is 0 Å². The molecule has 2 aliphatic heterocycles. The van der Waals surface area contributed by atoms with Gasteiger partial charge >= 0.3 is 6.17 Å². The third kappa shape index (κ3) is 11.4. The molecule has 71 heavy (non-hydrogen) atoms. The largest absolute Gasteiger partial charge is 0.497 e. The van der Waals surface area contributed by atoms with Gasteiger partial charge in [0, 0.05) is 80.3 Å². The predicted molar refractivity (Wildman–Crippen MR) is 273 cm³/mol. The minimum Gasteiger partial charge on any atom is -0.497 e. The van der Waals surface area contributed by atoms with Gasteiger partial charge in [-0.25, -0.2) is 9.83 Å². The van der Waals surface area contributed by atoms with Crippen molar-refractivity contribution in [3.8, 4) is 28.1 Å². The van der Waals surface area contributed by atoms with E-state index in [-0.39, 0.29) is 36.8 Å². The summed E-state index contributed by atoms with van der Waals surface area (Å²) in [5, 5.41) is 5.62. The van der Waals surface area contributed by atoms with Gasteiger partial charge < -0.3 is 24.3 Å². The molecule has 4 heterocycles. The number of hydrogen-bond acceptors (Lipinski definition) is 11. The van der Waals surface area contributed by atoms with Crippen molar-refractivity contribution in [2.75, 3.05) is 34.4 Å². The molecule has 1 saturated carbocycles. The van der Waals surface area contributed by atoms with E-state index in [4.69, 9.17) is 14.3 Å². The van der Waals surface area contributed by atoms with E-state index in [1.54, 1.807) is 27.5 Å². The Hall–Kier alpha value is -6.74. The number of carbonyl (C=O) groups is 3. The number of rotatable bonds is 12. The van der Waals surface area contributed by atoms with Crippen molar-refractivity contribution >= 4 is 40.3 Å². The molecular weight excluding hydrogens is 899 g/mol. The number of aliphatic imine (C=N–C) groups is 2. The first-order chi connectivity index (χ1) is 34.2. The fourth-order valence-electron chi connectivity index (χ4n) is 10.5. The number of likely N-dealkylation sites (N-methyl/N-ethyl adjacent to an activating group) is 1. The molecule has 5 atom stereocenters. The molecule has 2 aromatic heterocycles. The van der Waals surface area contributed by atoms with Crippen LogP contribution in [0.2, 0.25) is 0 Å². The van der Waals surface area contributed by atoms with Gasteiger partial charge in [0.05, 0.1) is 42.1 Å². The summed E-state index contributed by atoms with van der Waals surface area (Å²) in [6.45, 7) is 11.7. The van der Waals surface area contributed by atoms with Crippen LogP contribution < -0.4 is 15.5 Å². The van der Waals surface area contributed by atoms with Crippen molar-refractivity contribution in [1.82, 2.24) is 30.2 Å². The Labute approximate surface area is 416 Å². The van der Waals surface area contributed by atoms with Crippen molar-refractivity contribution in [3.63, 3.8) is 0 Å². The number of aromatic nitrogens is 2. The SMILES string of the molecule is CCn1c(-c2cnccc2COC)c2c3cc(ccc31)-c1cccc(c1)C[C@H](NC(=O)[C@H](C(C)C)N(C)C(=O)[C@H]1CC[C@H](N=C=Nc3ccc(OC)cc3)C1)C(=O)N1CCC[C@H](N1)[N+](=O)OCC(C)(C)C2. The molecule has 3 aromatic carbocycles. The van der Waals surface area contributed by atoms with Crippen LogP contribution in [-0.4, -0.2) is 107 Å². The number of nitrogens with zero attached hydrogens (tertiary/aromatic N) is 7. The van der Waals surface area contributed by atoms with Gasteiger partial charge in [-0.1, -0.05) is 58.0 Å². The van der Waals surface area contributed by atoms with Crippen molar-refractivity contribution in [1.29, 1.82) is 0 Å². The number of methoxy groups -OCH3 is 2. The molecule has 1 aliphatic carbocycles. The highest BCUT2D eigenvalue weighted by atomic mass is 16.8. The third-order valence-corrected chi connectivity index (χ3v) is 14.1. The molecule has 0 spiro atoms. The van der Waals surface area contributed by atoms with E-state index < -0.39 is 35.5 Å². The van der Waals surface area contributed by atoms with Crippen LogP contribution in [0.4, 0.5) is 5.69 Å². The van der Waals surface area contributed by atoms with Gasteiger partial charge in [-0.3, -0.25) is 24.4 Å². The second kappa shape index (κ2) is 22.1. The van der Waals surface area contributed by atoms with Crippen LogP contribution in [0.15, 0.2) is 95.2 Å². The van der Waals surface area contributed by atoms with E-state index in [0.717, 1.165) is 55.7 Å². The summed E-state index contributed by atoms with van der Waals surface area (Å²) in [6.07, 6.45) is 6.38. The van der Waals surface area contributed by atoms with Gasteiger partial charge in [0.15, 0.2) is 6.61 Å². The highest BCUT2D eigenvalue weighted by Gasteiger charge is 2.42. The summed E-state index contributed by atoms with van der Waals surface area (Å²) in [6, 6.07) is 24.6. The minimum absolute atomic E-state index is 0.107. The summed E-state index contributed by atoms with van der Waals surface area (Å²) in [4.78, 5) is 79.1. The smallest absolute Gasteiger partial charge is 0.326 e. The zero-order valence-corrected chi connectivity index (χ0v) is 42.3. The average molecular weight is 967 g/mol. The molecule has 16 nitrogen and oxygen atoms in total. The molecular formula is C55H68N9O7+. The van der Waals surface area contributed by atoms with Gasteiger partial charge in [-0.2, -0.15) is 10.4 Å². The van der Waals surface area contributed by atoms with E-state index in [2.05, 4.69) is 87.4 Å². The zero-order chi connectivity index (χ0) is 50.4. The Kier molecular flexibility index (Phi) is 15.8. The van der Waals surface area contributed by atoms with E-state index in [1.165, 1.54) is 9.91 Å². The second-order valence-electron chi connectivity index (χ2n) is 20.3. The average Bonchev–Trinajstić information content (AvgIpc) is 3.97. The monoisotopic (exact) mass is 967 g/mol. The summed E-state index contributed by atoms with van der Waals surface area (Å²) in [5.74, 6) is -0.871. The predicted octanol–water partition coefficient (Wildman–Crippen LogP) is 8.48. The van der Waals surface area contributed by atoms with Crippen molar-refractivity contribution in [2.24, 2.45) is 27.2 Å². The van der Waals surface area contributed by atoms with Crippen molar-refractivity contribution in [2.45, 2.75) is 117 Å². The molecule has 1 saturated heterocycles. The number of carbonyl (C=O) groups excluding carboxylic acids is 3. The summed E-state index contributed by atoms with van der Waals surface area (Å²) >= 11 is 0. The Balaban J connectivity index is 1.10. The number of fused-ring (bicyclic) bond motifs is 6. The van der Waals surface area contributed by atoms with E-state index >= 15 is 0 Å². The molecule has 16 heteroatoms. The Morgan fingerprint density at radius 3 is 2.59 bits per heavy atom.